The number of aliphatic imine (C=N–C) groups is 1. The van der Waals surface area contributed by atoms with Gasteiger partial charge in [0.25, 0.3) is 0 Å². The lowest BCUT2D eigenvalue weighted by molar-refractivity contribution is -0.0255. The van der Waals surface area contributed by atoms with Crippen LogP contribution in [0.1, 0.15) is 12.8 Å². The van der Waals surface area contributed by atoms with Gasteiger partial charge in [-0.25, -0.2) is 9.38 Å². The van der Waals surface area contributed by atoms with Gasteiger partial charge >= 0.3 is 0 Å². The molecule has 0 aromatic carbocycles. The molecule has 2 atom stereocenters. The summed E-state index contributed by atoms with van der Waals surface area (Å²) >= 11 is 0. The molecule has 1 fully saturated rings. The van der Waals surface area contributed by atoms with E-state index in [0.29, 0.717) is 0 Å². The van der Waals surface area contributed by atoms with E-state index < -0.39 is 6.35 Å². The fourth-order valence-electron chi connectivity index (χ4n) is 1.80. The molecular weight excluding hydrogens is 185 g/mol. The fraction of sp³-hybridized carbons (Fsp3) is 0.667. The van der Waals surface area contributed by atoms with Gasteiger partial charge in [0.05, 0.1) is 12.4 Å². The van der Waals surface area contributed by atoms with Crippen molar-refractivity contribution in [2.75, 3.05) is 13.7 Å². The molecule has 0 spiro atoms. The zero-order valence-corrected chi connectivity index (χ0v) is 8.11. The highest BCUT2D eigenvalue weighted by Gasteiger charge is 2.27. The van der Waals surface area contributed by atoms with Crippen molar-refractivity contribution in [3.05, 3.63) is 12.0 Å². The summed E-state index contributed by atoms with van der Waals surface area (Å²) in [6.07, 6.45) is 4.49. The number of allylic oxidation sites excluding steroid dienone is 1. The average molecular weight is 199 g/mol. The van der Waals surface area contributed by atoms with E-state index >= 15 is 0 Å². The first kappa shape index (κ1) is 9.61. The molecule has 78 valence electrons. The minimum absolute atomic E-state index is 0.142. The van der Waals surface area contributed by atoms with Crippen molar-refractivity contribution < 1.29 is 9.13 Å². The lowest BCUT2D eigenvalue weighted by Crippen LogP contribution is -2.46. The summed E-state index contributed by atoms with van der Waals surface area (Å²) in [5, 5.41) is 3.27. The Morgan fingerprint density at radius 1 is 1.71 bits per heavy atom. The maximum absolute atomic E-state index is 13.0. The summed E-state index contributed by atoms with van der Waals surface area (Å²) in [5.74, 6) is -0.327. The van der Waals surface area contributed by atoms with Crippen molar-refractivity contribution in [3.8, 4) is 0 Å². The van der Waals surface area contributed by atoms with Crippen molar-refractivity contribution in [1.82, 2.24) is 10.2 Å². The van der Waals surface area contributed by atoms with Crippen LogP contribution >= 0.6 is 0 Å². The SMILES string of the molecule is CO[C@@H]1N=CC(F)=CN1C1CCCN1. The van der Waals surface area contributed by atoms with Crippen molar-refractivity contribution in [3.63, 3.8) is 0 Å². The first-order valence-corrected chi connectivity index (χ1v) is 4.75. The van der Waals surface area contributed by atoms with Crippen LogP contribution in [0.25, 0.3) is 0 Å². The number of ether oxygens (including phenoxy) is 1. The molecule has 0 amide bonds. The highest BCUT2D eigenvalue weighted by atomic mass is 19.1. The first-order chi connectivity index (χ1) is 6.81. The third kappa shape index (κ3) is 1.78. The van der Waals surface area contributed by atoms with Gasteiger partial charge in [0.15, 0.2) is 5.83 Å². The lowest BCUT2D eigenvalue weighted by Gasteiger charge is -2.33. The zero-order valence-electron chi connectivity index (χ0n) is 8.11. The maximum Gasteiger partial charge on any atom is 0.228 e. The summed E-state index contributed by atoms with van der Waals surface area (Å²) in [6.45, 7) is 0.969. The minimum atomic E-state index is -0.398. The van der Waals surface area contributed by atoms with Gasteiger partial charge in [0.1, 0.15) is 0 Å². The van der Waals surface area contributed by atoms with Gasteiger partial charge in [-0.1, -0.05) is 0 Å². The number of hydrogen-bond donors (Lipinski definition) is 1. The van der Waals surface area contributed by atoms with E-state index in [1.807, 2.05) is 0 Å². The van der Waals surface area contributed by atoms with Crippen LogP contribution in [0.4, 0.5) is 4.39 Å². The number of nitrogens with one attached hydrogen (secondary N) is 1. The van der Waals surface area contributed by atoms with Crippen LogP contribution in [0.5, 0.6) is 0 Å². The highest BCUT2D eigenvalue weighted by Crippen LogP contribution is 2.19. The molecule has 1 N–H and O–H groups in total. The number of halogens is 1. The molecule has 1 unspecified atom stereocenters. The van der Waals surface area contributed by atoms with Crippen LogP contribution in [0, 0.1) is 0 Å². The van der Waals surface area contributed by atoms with E-state index in [9.17, 15) is 4.39 Å². The molecule has 14 heavy (non-hydrogen) atoms. The third-order valence-corrected chi connectivity index (χ3v) is 2.46. The van der Waals surface area contributed by atoms with E-state index in [2.05, 4.69) is 10.3 Å². The van der Waals surface area contributed by atoms with Gasteiger partial charge in [0, 0.05) is 13.3 Å². The molecule has 2 aliphatic rings. The summed E-state index contributed by atoms with van der Waals surface area (Å²) in [5.41, 5.74) is 0. The zero-order chi connectivity index (χ0) is 9.97. The molecular formula is C9H14FN3O. The molecule has 1 saturated heterocycles. The number of rotatable bonds is 2. The normalized spacial score (nSPS) is 32.1. The largest absolute Gasteiger partial charge is 0.342 e. The Labute approximate surface area is 82.4 Å². The maximum atomic E-state index is 13.0. The van der Waals surface area contributed by atoms with E-state index in [4.69, 9.17) is 4.74 Å². The molecule has 0 aromatic heterocycles. The summed E-state index contributed by atoms with van der Waals surface area (Å²) in [4.78, 5) is 5.73. The Kier molecular flexibility index (Phi) is 2.79. The standard InChI is InChI=1S/C9H14FN3O/c1-14-9-12-5-7(10)6-13(9)8-3-2-4-11-8/h5-6,8-9,11H,2-4H2,1H3/t8?,9-/m1/s1. The van der Waals surface area contributed by atoms with E-state index in [1.165, 1.54) is 12.4 Å². The van der Waals surface area contributed by atoms with Crippen LogP contribution in [0.2, 0.25) is 0 Å². The van der Waals surface area contributed by atoms with Crippen molar-refractivity contribution in [2.45, 2.75) is 25.4 Å². The minimum Gasteiger partial charge on any atom is -0.342 e. The van der Waals surface area contributed by atoms with Gasteiger partial charge < -0.3 is 9.64 Å². The number of nitrogens with zero attached hydrogens (tertiary/aromatic N) is 2. The predicted octanol–water partition coefficient (Wildman–Crippen LogP) is 0.823. The molecule has 0 saturated carbocycles. The molecule has 5 heteroatoms. The molecule has 2 rings (SSSR count). The highest BCUT2D eigenvalue weighted by molar-refractivity contribution is 5.76. The summed E-state index contributed by atoms with van der Waals surface area (Å²) in [7, 11) is 1.57. The lowest BCUT2D eigenvalue weighted by atomic mass is 10.3. The Hall–Kier alpha value is -0.940. The average Bonchev–Trinajstić information content (AvgIpc) is 2.70. The number of hydrogen-bond acceptors (Lipinski definition) is 4. The first-order valence-electron chi connectivity index (χ1n) is 4.75. The fourth-order valence-corrected chi connectivity index (χ4v) is 1.80. The van der Waals surface area contributed by atoms with E-state index in [-0.39, 0.29) is 12.0 Å². The molecule has 0 aromatic rings. The number of methoxy groups -OCH3 is 1. The van der Waals surface area contributed by atoms with E-state index in [0.717, 1.165) is 19.4 Å². The van der Waals surface area contributed by atoms with Crippen LogP contribution in [0.3, 0.4) is 0 Å². The van der Waals surface area contributed by atoms with Crippen LogP contribution in [0.15, 0.2) is 17.0 Å². The van der Waals surface area contributed by atoms with Crippen molar-refractivity contribution in [1.29, 1.82) is 0 Å². The summed E-state index contributed by atoms with van der Waals surface area (Å²) in [6, 6.07) is 0. The van der Waals surface area contributed by atoms with Crippen LogP contribution < -0.4 is 5.32 Å². The Bertz CT molecular complexity index is 261. The van der Waals surface area contributed by atoms with Crippen LogP contribution in [-0.2, 0) is 4.74 Å². The molecule has 2 aliphatic heterocycles. The van der Waals surface area contributed by atoms with Crippen molar-refractivity contribution in [2.24, 2.45) is 4.99 Å². The second-order valence-corrected chi connectivity index (χ2v) is 3.41. The second kappa shape index (κ2) is 4.06. The predicted molar refractivity (Wildman–Crippen MR) is 51.3 cm³/mol. The smallest absolute Gasteiger partial charge is 0.228 e. The Morgan fingerprint density at radius 3 is 3.21 bits per heavy atom. The monoisotopic (exact) mass is 199 g/mol. The molecule has 4 nitrogen and oxygen atoms in total. The molecule has 0 radical (unpaired) electrons. The van der Waals surface area contributed by atoms with Crippen LogP contribution in [-0.4, -0.2) is 37.3 Å². The van der Waals surface area contributed by atoms with Gasteiger partial charge in [-0.05, 0) is 19.4 Å². The van der Waals surface area contributed by atoms with Gasteiger partial charge in [-0.15, -0.1) is 0 Å². The topological polar surface area (TPSA) is 36.9 Å². The second-order valence-electron chi connectivity index (χ2n) is 3.41. The third-order valence-electron chi connectivity index (χ3n) is 2.46. The van der Waals surface area contributed by atoms with Gasteiger partial charge in [-0.2, -0.15) is 0 Å². The molecule has 2 heterocycles. The van der Waals surface area contributed by atoms with Gasteiger partial charge in [-0.3, -0.25) is 5.32 Å². The molecule has 0 aliphatic carbocycles. The Morgan fingerprint density at radius 2 is 2.57 bits per heavy atom. The quantitative estimate of drug-likeness (QED) is 0.715. The Balaban J connectivity index is 2.10. The molecule has 0 bridgehead atoms. The summed E-state index contributed by atoms with van der Waals surface area (Å²) < 4.78 is 18.1. The van der Waals surface area contributed by atoms with E-state index in [1.54, 1.807) is 12.0 Å². The van der Waals surface area contributed by atoms with Crippen molar-refractivity contribution >= 4 is 6.21 Å². The van der Waals surface area contributed by atoms with Gasteiger partial charge in [0.2, 0.25) is 6.35 Å².